The van der Waals surface area contributed by atoms with Gasteiger partial charge in [0.05, 0.1) is 30.3 Å². The van der Waals surface area contributed by atoms with Gasteiger partial charge >= 0.3 is 0 Å². The minimum Gasteiger partial charge on any atom is -0.494 e. The molecule has 0 aliphatic carbocycles. The zero-order valence-electron chi connectivity index (χ0n) is 16.7. The number of amides is 1. The smallest absolute Gasteiger partial charge is 0.255 e. The van der Waals surface area contributed by atoms with Crippen molar-refractivity contribution in [1.82, 2.24) is 4.90 Å². The Bertz CT molecular complexity index is 785. The van der Waals surface area contributed by atoms with Crippen molar-refractivity contribution < 1.29 is 14.3 Å². The second kappa shape index (κ2) is 11.2. The van der Waals surface area contributed by atoms with Gasteiger partial charge in [-0.15, -0.1) is 0 Å². The van der Waals surface area contributed by atoms with Crippen molar-refractivity contribution in [3.8, 4) is 5.75 Å². The van der Waals surface area contributed by atoms with Crippen molar-refractivity contribution in [3.63, 3.8) is 0 Å². The van der Waals surface area contributed by atoms with Gasteiger partial charge in [0, 0.05) is 6.54 Å². The van der Waals surface area contributed by atoms with Gasteiger partial charge in [-0.2, -0.15) is 0 Å². The molecule has 2 aromatic carbocycles. The summed E-state index contributed by atoms with van der Waals surface area (Å²) in [7, 11) is 0. The van der Waals surface area contributed by atoms with Gasteiger partial charge in [0.2, 0.25) is 0 Å². The molecular weight excluding hydrogens is 388 g/mol. The molecule has 2 N–H and O–H groups in total. The average Bonchev–Trinajstić information content (AvgIpc) is 2.76. The summed E-state index contributed by atoms with van der Waals surface area (Å²) in [6, 6.07) is 15.3. The van der Waals surface area contributed by atoms with Crippen LogP contribution < -0.4 is 10.5 Å². The lowest BCUT2D eigenvalue weighted by molar-refractivity contribution is -0.0228. The molecule has 29 heavy (non-hydrogen) atoms. The zero-order valence-corrected chi connectivity index (χ0v) is 17.4. The maximum atomic E-state index is 13.0. The summed E-state index contributed by atoms with van der Waals surface area (Å²) in [5, 5.41) is 0.415. The number of carbonyl (C=O) groups is 1. The predicted octanol–water partition coefficient (Wildman–Crippen LogP) is 4.45. The Morgan fingerprint density at radius 2 is 1.93 bits per heavy atom. The van der Waals surface area contributed by atoms with Crippen molar-refractivity contribution in [2.45, 2.75) is 31.8 Å². The molecule has 1 aliphatic rings. The Balaban J connectivity index is 1.56. The number of morpholine rings is 1. The highest BCUT2D eigenvalue weighted by Gasteiger charge is 2.27. The molecule has 0 aromatic heterocycles. The van der Waals surface area contributed by atoms with E-state index in [-0.39, 0.29) is 12.0 Å². The van der Waals surface area contributed by atoms with Gasteiger partial charge in [-0.25, -0.2) is 0 Å². The third-order valence-electron chi connectivity index (χ3n) is 5.06. The van der Waals surface area contributed by atoms with Crippen LogP contribution in [0.25, 0.3) is 0 Å². The molecule has 0 saturated carbocycles. The summed E-state index contributed by atoms with van der Waals surface area (Å²) < 4.78 is 11.6. The lowest BCUT2D eigenvalue weighted by atomic mass is 10.1. The fourth-order valence-corrected chi connectivity index (χ4v) is 3.67. The van der Waals surface area contributed by atoms with E-state index in [4.69, 9.17) is 26.8 Å². The summed E-state index contributed by atoms with van der Waals surface area (Å²) in [6.07, 6.45) is 4.13. The maximum Gasteiger partial charge on any atom is 0.255 e. The Labute approximate surface area is 177 Å². The number of halogens is 1. The molecule has 1 aliphatic heterocycles. The number of hydrogen-bond donors (Lipinski definition) is 1. The number of nitrogens with two attached hydrogens (primary N) is 1. The van der Waals surface area contributed by atoms with Crippen LogP contribution in [-0.2, 0) is 4.74 Å². The number of rotatable bonds is 9. The standard InChI is InChI=1S/C23H29ClN2O3/c24-21-16-19(28-14-7-2-1-6-12-25)10-11-20(21)23(27)26-13-15-29-22(17-26)18-8-4-3-5-9-18/h3-5,8-11,16,22H,1-2,6-7,12-15,17,25H2. The molecule has 0 spiro atoms. The largest absolute Gasteiger partial charge is 0.494 e. The van der Waals surface area contributed by atoms with E-state index in [0.29, 0.717) is 42.6 Å². The first-order valence-electron chi connectivity index (χ1n) is 10.3. The molecule has 1 heterocycles. The Morgan fingerprint density at radius 3 is 2.69 bits per heavy atom. The molecule has 5 nitrogen and oxygen atoms in total. The number of ether oxygens (including phenoxy) is 2. The lowest BCUT2D eigenvalue weighted by Crippen LogP contribution is -2.42. The van der Waals surface area contributed by atoms with Crippen LogP contribution in [0.5, 0.6) is 5.75 Å². The molecule has 1 unspecified atom stereocenters. The van der Waals surface area contributed by atoms with E-state index < -0.39 is 0 Å². The minimum absolute atomic E-state index is 0.0763. The fourth-order valence-electron chi connectivity index (χ4n) is 3.42. The van der Waals surface area contributed by atoms with Gasteiger partial charge < -0.3 is 20.1 Å². The van der Waals surface area contributed by atoms with Crippen LogP contribution in [0.2, 0.25) is 5.02 Å². The van der Waals surface area contributed by atoms with Crippen LogP contribution in [0.3, 0.4) is 0 Å². The van der Waals surface area contributed by atoms with Crippen molar-refractivity contribution in [2.24, 2.45) is 5.73 Å². The fraction of sp³-hybridized carbons (Fsp3) is 0.435. The van der Waals surface area contributed by atoms with Gasteiger partial charge in [-0.05, 0) is 43.1 Å². The van der Waals surface area contributed by atoms with Gasteiger partial charge in [0.15, 0.2) is 0 Å². The van der Waals surface area contributed by atoms with Crippen LogP contribution in [0.4, 0.5) is 0 Å². The molecule has 0 bridgehead atoms. The molecular formula is C23H29ClN2O3. The quantitative estimate of drug-likeness (QED) is 0.613. The van der Waals surface area contributed by atoms with Gasteiger partial charge in [0.1, 0.15) is 11.9 Å². The van der Waals surface area contributed by atoms with E-state index in [1.807, 2.05) is 36.4 Å². The Kier molecular flexibility index (Phi) is 8.35. The van der Waals surface area contributed by atoms with E-state index in [9.17, 15) is 4.79 Å². The second-order valence-electron chi connectivity index (χ2n) is 7.21. The molecule has 1 amide bonds. The number of carbonyl (C=O) groups excluding carboxylic acids is 1. The molecule has 6 heteroatoms. The first-order chi connectivity index (χ1) is 14.2. The SMILES string of the molecule is NCCCCCCOc1ccc(C(=O)N2CCOC(c3ccccc3)C2)c(Cl)c1. The monoisotopic (exact) mass is 416 g/mol. The highest BCUT2D eigenvalue weighted by atomic mass is 35.5. The third-order valence-corrected chi connectivity index (χ3v) is 5.38. The van der Waals surface area contributed by atoms with Gasteiger partial charge in [-0.1, -0.05) is 54.8 Å². The van der Waals surface area contributed by atoms with Crippen LogP contribution in [-0.4, -0.2) is 43.7 Å². The molecule has 2 aromatic rings. The van der Waals surface area contributed by atoms with Crippen LogP contribution in [0.1, 0.15) is 47.7 Å². The lowest BCUT2D eigenvalue weighted by Gasteiger charge is -2.33. The van der Waals surface area contributed by atoms with Gasteiger partial charge in [0.25, 0.3) is 5.91 Å². The molecule has 0 radical (unpaired) electrons. The zero-order chi connectivity index (χ0) is 20.5. The maximum absolute atomic E-state index is 13.0. The summed E-state index contributed by atoms with van der Waals surface area (Å²) in [6.45, 7) is 2.95. The predicted molar refractivity (Wildman–Crippen MR) is 116 cm³/mol. The van der Waals surface area contributed by atoms with E-state index in [1.54, 1.807) is 17.0 Å². The highest BCUT2D eigenvalue weighted by molar-refractivity contribution is 6.34. The highest BCUT2D eigenvalue weighted by Crippen LogP contribution is 2.27. The molecule has 1 atom stereocenters. The Hall–Kier alpha value is -2.08. The topological polar surface area (TPSA) is 64.8 Å². The molecule has 156 valence electrons. The van der Waals surface area contributed by atoms with Gasteiger partial charge in [-0.3, -0.25) is 4.79 Å². The molecule has 1 saturated heterocycles. The molecule has 1 fully saturated rings. The third kappa shape index (κ3) is 6.20. The number of unbranched alkanes of at least 4 members (excludes halogenated alkanes) is 3. The van der Waals surface area contributed by atoms with Crippen molar-refractivity contribution in [2.75, 3.05) is 32.8 Å². The van der Waals surface area contributed by atoms with E-state index in [2.05, 4.69) is 0 Å². The first kappa shape index (κ1) is 21.6. The van der Waals surface area contributed by atoms with Crippen molar-refractivity contribution >= 4 is 17.5 Å². The summed E-state index contributed by atoms with van der Waals surface area (Å²) >= 11 is 6.41. The van der Waals surface area contributed by atoms with Crippen molar-refractivity contribution in [1.29, 1.82) is 0 Å². The summed E-state index contributed by atoms with van der Waals surface area (Å²) in [5.74, 6) is 0.613. The number of benzene rings is 2. The van der Waals surface area contributed by atoms with E-state index in [1.165, 1.54) is 0 Å². The first-order valence-corrected chi connectivity index (χ1v) is 10.6. The molecule has 3 rings (SSSR count). The van der Waals surface area contributed by atoms with E-state index >= 15 is 0 Å². The van der Waals surface area contributed by atoms with Crippen LogP contribution in [0.15, 0.2) is 48.5 Å². The second-order valence-corrected chi connectivity index (χ2v) is 7.62. The van der Waals surface area contributed by atoms with Crippen LogP contribution >= 0.6 is 11.6 Å². The van der Waals surface area contributed by atoms with Crippen molar-refractivity contribution in [3.05, 3.63) is 64.7 Å². The normalized spacial score (nSPS) is 16.6. The summed E-state index contributed by atoms with van der Waals surface area (Å²) in [4.78, 5) is 14.8. The Morgan fingerprint density at radius 1 is 1.14 bits per heavy atom. The number of nitrogens with zero attached hydrogens (tertiary/aromatic N) is 1. The minimum atomic E-state index is -0.116. The van der Waals surface area contributed by atoms with E-state index in [0.717, 1.165) is 37.8 Å². The average molecular weight is 417 g/mol. The van der Waals surface area contributed by atoms with Crippen LogP contribution in [0, 0.1) is 0 Å². The summed E-state index contributed by atoms with van der Waals surface area (Å²) in [5.41, 5.74) is 7.07. The number of hydrogen-bond acceptors (Lipinski definition) is 4.